The Labute approximate surface area is 95.9 Å². The number of hydrogen-bond acceptors (Lipinski definition) is 5. The van der Waals surface area contributed by atoms with E-state index in [0.29, 0.717) is 6.42 Å². The molecule has 2 atom stereocenters. The highest BCUT2D eigenvalue weighted by atomic mass is 32.2. The maximum Gasteiger partial charge on any atom is 0.421 e. The van der Waals surface area contributed by atoms with E-state index >= 15 is 0 Å². The topological polar surface area (TPSA) is 111 Å². The number of ether oxygens (including phenoxy) is 1. The van der Waals surface area contributed by atoms with Crippen LogP contribution in [0.4, 0.5) is 4.79 Å². The van der Waals surface area contributed by atoms with Crippen molar-refractivity contribution in [1.82, 2.24) is 9.44 Å². The molecule has 0 aromatic heterocycles. The van der Waals surface area contributed by atoms with Gasteiger partial charge in [0.25, 0.3) is 0 Å². The van der Waals surface area contributed by atoms with E-state index in [9.17, 15) is 13.2 Å². The Kier molecular flexibility index (Phi) is 6.31. The molecule has 0 heterocycles. The molecule has 4 N–H and O–H groups in total. The predicted molar refractivity (Wildman–Crippen MR) is 59.9 cm³/mol. The van der Waals surface area contributed by atoms with Crippen molar-refractivity contribution in [2.24, 2.45) is 5.73 Å². The summed E-state index contributed by atoms with van der Waals surface area (Å²) in [6.07, 6.45) is -0.521. The Bertz CT molecular complexity index is 315. The number of rotatable bonds is 6. The fraction of sp³-hybridized carbons (Fsp3) is 0.875. The molecule has 16 heavy (non-hydrogen) atoms. The molecule has 8 heteroatoms. The molecule has 0 aromatic carbocycles. The van der Waals surface area contributed by atoms with E-state index in [1.165, 1.54) is 0 Å². The molecule has 0 spiro atoms. The van der Waals surface area contributed by atoms with Crippen LogP contribution in [0.1, 0.15) is 27.2 Å². The van der Waals surface area contributed by atoms with E-state index in [-0.39, 0.29) is 18.7 Å². The van der Waals surface area contributed by atoms with Gasteiger partial charge in [-0.3, -0.25) is 0 Å². The summed E-state index contributed by atoms with van der Waals surface area (Å²) >= 11 is 0. The molecule has 0 aromatic rings. The van der Waals surface area contributed by atoms with Gasteiger partial charge < -0.3 is 10.5 Å². The Morgan fingerprint density at radius 1 is 1.44 bits per heavy atom. The minimum atomic E-state index is -3.88. The molecule has 0 fully saturated rings. The molecular formula is C8H19N3O4S. The van der Waals surface area contributed by atoms with Crippen LogP contribution in [-0.4, -0.2) is 33.2 Å². The van der Waals surface area contributed by atoms with E-state index in [2.05, 4.69) is 9.46 Å². The normalized spacial score (nSPS) is 15.2. The third-order valence-corrected chi connectivity index (χ3v) is 2.72. The molecule has 0 saturated heterocycles. The Morgan fingerprint density at radius 2 is 2.00 bits per heavy atom. The zero-order valence-corrected chi connectivity index (χ0v) is 10.5. The van der Waals surface area contributed by atoms with Gasteiger partial charge in [0.2, 0.25) is 0 Å². The molecule has 0 bridgehead atoms. The Hall–Kier alpha value is -0.860. The van der Waals surface area contributed by atoms with Crippen LogP contribution in [0.15, 0.2) is 0 Å². The van der Waals surface area contributed by atoms with Crippen LogP contribution in [-0.2, 0) is 14.9 Å². The van der Waals surface area contributed by atoms with Crippen molar-refractivity contribution >= 4 is 16.3 Å². The summed E-state index contributed by atoms with van der Waals surface area (Å²) in [6.45, 7) is 5.12. The third-order valence-electron chi connectivity index (χ3n) is 1.57. The molecule has 0 aliphatic rings. The lowest BCUT2D eigenvalue weighted by atomic mass is 10.1. The number of carbonyl (C=O) groups is 1. The predicted octanol–water partition coefficient (Wildman–Crippen LogP) is -0.307. The molecule has 0 aliphatic carbocycles. The van der Waals surface area contributed by atoms with Crippen LogP contribution in [0, 0.1) is 0 Å². The molecule has 0 aliphatic heterocycles. The summed E-state index contributed by atoms with van der Waals surface area (Å²) in [5, 5.41) is 0. The van der Waals surface area contributed by atoms with Crippen LogP contribution in [0.3, 0.4) is 0 Å². The number of nitrogens with two attached hydrogens (primary N) is 1. The maximum atomic E-state index is 11.3. The fourth-order valence-electron chi connectivity index (χ4n) is 1.17. The zero-order valence-electron chi connectivity index (χ0n) is 9.69. The number of amides is 1. The van der Waals surface area contributed by atoms with Crippen molar-refractivity contribution in [3.05, 3.63) is 0 Å². The average molecular weight is 253 g/mol. The van der Waals surface area contributed by atoms with Gasteiger partial charge in [0.1, 0.15) is 0 Å². The molecule has 0 radical (unpaired) electrons. The van der Waals surface area contributed by atoms with Gasteiger partial charge in [-0.05, 0) is 27.2 Å². The van der Waals surface area contributed by atoms with E-state index in [0.717, 1.165) is 0 Å². The quantitative estimate of drug-likeness (QED) is 0.601. The third kappa shape index (κ3) is 7.43. The first-order valence-electron chi connectivity index (χ1n) is 4.99. The lowest BCUT2D eigenvalue weighted by molar-refractivity contribution is 0.158. The second-order valence-electron chi connectivity index (χ2n) is 3.56. The van der Waals surface area contributed by atoms with E-state index in [1.807, 2.05) is 0 Å². The second kappa shape index (κ2) is 6.66. The monoisotopic (exact) mass is 253 g/mol. The number of hydrogen-bond donors (Lipinski definition) is 3. The number of nitrogens with one attached hydrogen (secondary N) is 2. The van der Waals surface area contributed by atoms with Gasteiger partial charge >= 0.3 is 16.3 Å². The summed E-state index contributed by atoms with van der Waals surface area (Å²) < 4.78 is 31.1. The van der Waals surface area contributed by atoms with Gasteiger partial charge in [0.05, 0.1) is 6.61 Å². The highest BCUT2D eigenvalue weighted by Gasteiger charge is 2.18. The van der Waals surface area contributed by atoms with E-state index in [1.54, 1.807) is 25.5 Å². The van der Waals surface area contributed by atoms with Crippen LogP contribution >= 0.6 is 0 Å². The summed E-state index contributed by atoms with van der Waals surface area (Å²) in [6, 6.07) is -0.479. The largest absolute Gasteiger partial charge is 0.449 e. The lowest BCUT2D eigenvalue weighted by Crippen LogP contribution is -2.45. The van der Waals surface area contributed by atoms with Gasteiger partial charge in [-0.25, -0.2) is 9.52 Å². The zero-order chi connectivity index (χ0) is 12.8. The first kappa shape index (κ1) is 15.1. The minimum Gasteiger partial charge on any atom is -0.449 e. The maximum absolute atomic E-state index is 11.3. The highest BCUT2D eigenvalue weighted by molar-refractivity contribution is 7.88. The molecular weight excluding hydrogens is 234 g/mol. The summed E-state index contributed by atoms with van der Waals surface area (Å²) in [5.74, 6) is 0. The van der Waals surface area contributed by atoms with Crippen molar-refractivity contribution in [2.45, 2.75) is 39.3 Å². The van der Waals surface area contributed by atoms with E-state index in [4.69, 9.17) is 5.73 Å². The molecule has 0 saturated carbocycles. The average Bonchev–Trinajstić information content (AvgIpc) is 1.98. The van der Waals surface area contributed by atoms with Crippen molar-refractivity contribution in [1.29, 1.82) is 0 Å². The summed E-state index contributed by atoms with van der Waals surface area (Å²) in [7, 11) is -3.88. The molecule has 0 rings (SSSR count). The van der Waals surface area contributed by atoms with Crippen LogP contribution in [0.25, 0.3) is 0 Å². The molecule has 2 unspecified atom stereocenters. The Morgan fingerprint density at radius 3 is 2.44 bits per heavy atom. The molecule has 7 nitrogen and oxygen atoms in total. The van der Waals surface area contributed by atoms with E-state index < -0.39 is 16.3 Å². The second-order valence-corrected chi connectivity index (χ2v) is 5.00. The smallest absolute Gasteiger partial charge is 0.421 e. The van der Waals surface area contributed by atoms with Gasteiger partial charge in [0, 0.05) is 12.1 Å². The van der Waals surface area contributed by atoms with Gasteiger partial charge in [-0.2, -0.15) is 13.1 Å². The lowest BCUT2D eigenvalue weighted by Gasteiger charge is -2.16. The standard InChI is InChI=1S/C8H19N3O4S/c1-4-15-8(12)11-16(13,14)10-7(3)5-6(2)9/h6-7,10H,4-5,9H2,1-3H3,(H,11,12). The van der Waals surface area contributed by atoms with Crippen LogP contribution in [0.5, 0.6) is 0 Å². The van der Waals surface area contributed by atoms with Crippen LogP contribution in [0.2, 0.25) is 0 Å². The van der Waals surface area contributed by atoms with Gasteiger partial charge in [-0.15, -0.1) is 0 Å². The van der Waals surface area contributed by atoms with Crippen LogP contribution < -0.4 is 15.2 Å². The van der Waals surface area contributed by atoms with Gasteiger partial charge in [0.15, 0.2) is 0 Å². The fourth-order valence-corrected chi connectivity index (χ4v) is 2.13. The first-order chi connectivity index (χ1) is 7.26. The first-order valence-corrected chi connectivity index (χ1v) is 6.47. The summed E-state index contributed by atoms with van der Waals surface area (Å²) in [4.78, 5) is 10.9. The SMILES string of the molecule is CCOC(=O)NS(=O)(=O)NC(C)CC(C)N. The van der Waals surface area contributed by atoms with Gasteiger partial charge in [-0.1, -0.05) is 0 Å². The minimum absolute atomic E-state index is 0.108. The van der Waals surface area contributed by atoms with Crippen molar-refractivity contribution < 1.29 is 17.9 Å². The van der Waals surface area contributed by atoms with Crippen molar-refractivity contribution in [3.8, 4) is 0 Å². The number of carbonyl (C=O) groups excluding carboxylic acids is 1. The molecule has 96 valence electrons. The Balaban J connectivity index is 4.19. The van der Waals surface area contributed by atoms with Crippen molar-refractivity contribution in [3.63, 3.8) is 0 Å². The van der Waals surface area contributed by atoms with Crippen molar-refractivity contribution in [2.75, 3.05) is 6.61 Å². The summed E-state index contributed by atoms with van der Waals surface area (Å²) in [5.41, 5.74) is 5.51. The highest BCUT2D eigenvalue weighted by Crippen LogP contribution is 1.96. The molecule has 1 amide bonds.